The number of carbonyl (C=O) groups is 2. The average Bonchev–Trinajstić information content (AvgIpc) is 3.23. The highest BCUT2D eigenvalue weighted by atomic mass is 16.3. The molecule has 6 nitrogen and oxygen atoms in total. The number of furan rings is 1. The first-order valence-corrected chi connectivity index (χ1v) is 9.56. The molecule has 0 bridgehead atoms. The van der Waals surface area contributed by atoms with Crippen molar-refractivity contribution in [1.82, 2.24) is 15.5 Å². The molecule has 0 aliphatic carbocycles. The number of nitrogens with one attached hydrogen (secondary N) is 2. The molecule has 0 radical (unpaired) electrons. The molecule has 3 heterocycles. The summed E-state index contributed by atoms with van der Waals surface area (Å²) in [5.41, 5.74) is 2.20. The van der Waals surface area contributed by atoms with E-state index in [1.165, 1.54) is 6.26 Å². The van der Waals surface area contributed by atoms with Crippen molar-refractivity contribution in [3.05, 3.63) is 59.5 Å². The van der Waals surface area contributed by atoms with Crippen LogP contribution in [0.25, 0.3) is 0 Å². The van der Waals surface area contributed by atoms with Crippen molar-refractivity contribution in [2.45, 2.75) is 38.4 Å². The Labute approximate surface area is 158 Å². The van der Waals surface area contributed by atoms with Crippen molar-refractivity contribution < 1.29 is 14.0 Å². The van der Waals surface area contributed by atoms with E-state index in [1.807, 2.05) is 24.3 Å². The molecule has 6 heteroatoms. The van der Waals surface area contributed by atoms with Crippen LogP contribution in [-0.4, -0.2) is 41.9 Å². The van der Waals surface area contributed by atoms with Gasteiger partial charge in [0.2, 0.25) is 5.91 Å². The molecule has 3 atom stereocenters. The van der Waals surface area contributed by atoms with E-state index < -0.39 is 6.04 Å². The maximum absolute atomic E-state index is 13.2. The second-order valence-electron chi connectivity index (χ2n) is 7.48. The molecule has 1 aromatic heterocycles. The largest absolute Gasteiger partial charge is 0.459 e. The van der Waals surface area contributed by atoms with Crippen molar-refractivity contribution in [3.63, 3.8) is 0 Å². The summed E-state index contributed by atoms with van der Waals surface area (Å²) in [5.74, 6) is 0.311. The molecule has 3 unspecified atom stereocenters. The molecule has 1 aromatic carbocycles. The van der Waals surface area contributed by atoms with Gasteiger partial charge in [-0.3, -0.25) is 9.59 Å². The van der Waals surface area contributed by atoms with Gasteiger partial charge in [0.05, 0.1) is 6.26 Å². The Morgan fingerprint density at radius 2 is 2.00 bits per heavy atom. The predicted molar refractivity (Wildman–Crippen MR) is 101 cm³/mol. The fraction of sp³-hybridized carbons (Fsp3) is 0.429. The lowest BCUT2D eigenvalue weighted by Gasteiger charge is -2.38. The quantitative estimate of drug-likeness (QED) is 0.870. The molecule has 2 aliphatic rings. The van der Waals surface area contributed by atoms with Gasteiger partial charge < -0.3 is 20.0 Å². The van der Waals surface area contributed by atoms with Gasteiger partial charge in [-0.1, -0.05) is 31.2 Å². The smallest absolute Gasteiger partial charge is 0.290 e. The highest BCUT2D eigenvalue weighted by Gasteiger charge is 2.37. The molecule has 0 saturated carbocycles. The number of carbonyl (C=O) groups excluding carboxylic acids is 2. The molecule has 2 amide bonds. The van der Waals surface area contributed by atoms with Crippen LogP contribution in [0, 0.1) is 5.92 Å². The van der Waals surface area contributed by atoms with E-state index in [2.05, 4.69) is 17.6 Å². The van der Waals surface area contributed by atoms with Crippen LogP contribution in [0.15, 0.2) is 47.1 Å². The molecule has 1 fully saturated rings. The second-order valence-corrected chi connectivity index (χ2v) is 7.48. The molecule has 142 valence electrons. The molecule has 0 spiro atoms. The minimum Gasteiger partial charge on any atom is -0.459 e. The van der Waals surface area contributed by atoms with Gasteiger partial charge in [-0.25, -0.2) is 0 Å². The number of amides is 2. The summed E-state index contributed by atoms with van der Waals surface area (Å²) in [6, 6.07) is 10.9. The minimum atomic E-state index is -0.528. The summed E-state index contributed by atoms with van der Waals surface area (Å²) in [5, 5.41) is 6.54. The number of benzene rings is 1. The first-order valence-electron chi connectivity index (χ1n) is 9.56. The van der Waals surface area contributed by atoms with E-state index in [-0.39, 0.29) is 23.6 Å². The summed E-state index contributed by atoms with van der Waals surface area (Å²) in [6.07, 6.45) is 2.91. The van der Waals surface area contributed by atoms with Gasteiger partial charge in [0.25, 0.3) is 5.91 Å². The lowest BCUT2D eigenvalue weighted by molar-refractivity contribution is -0.127. The van der Waals surface area contributed by atoms with Crippen LogP contribution in [0.2, 0.25) is 0 Å². The lowest BCUT2D eigenvalue weighted by Crippen LogP contribution is -2.57. The van der Waals surface area contributed by atoms with Gasteiger partial charge in [-0.2, -0.15) is 0 Å². The fourth-order valence-corrected chi connectivity index (χ4v) is 4.02. The summed E-state index contributed by atoms with van der Waals surface area (Å²) < 4.78 is 5.30. The van der Waals surface area contributed by atoms with Gasteiger partial charge in [0.1, 0.15) is 6.04 Å². The number of nitrogens with zero attached hydrogens (tertiary/aromatic N) is 1. The van der Waals surface area contributed by atoms with Gasteiger partial charge in [0.15, 0.2) is 5.76 Å². The molecular weight excluding hydrogens is 342 g/mol. The van der Waals surface area contributed by atoms with Crippen LogP contribution in [0.1, 0.15) is 35.0 Å². The number of hydrogen-bond donors (Lipinski definition) is 2. The SMILES string of the molecule is CC1CNCCC1NC(=O)C1Cc2ccccc2CN1C(=O)c1ccco1. The van der Waals surface area contributed by atoms with Gasteiger partial charge >= 0.3 is 0 Å². The lowest BCUT2D eigenvalue weighted by atomic mass is 9.91. The second kappa shape index (κ2) is 7.56. The van der Waals surface area contributed by atoms with Crippen molar-refractivity contribution >= 4 is 11.8 Å². The first kappa shape index (κ1) is 17.8. The molecule has 27 heavy (non-hydrogen) atoms. The van der Waals surface area contributed by atoms with E-state index >= 15 is 0 Å². The summed E-state index contributed by atoms with van der Waals surface area (Å²) in [7, 11) is 0. The summed E-state index contributed by atoms with van der Waals surface area (Å²) >= 11 is 0. The molecule has 2 N–H and O–H groups in total. The average molecular weight is 367 g/mol. The molecule has 4 rings (SSSR count). The normalized spacial score (nSPS) is 24.9. The fourth-order valence-electron chi connectivity index (χ4n) is 4.02. The van der Waals surface area contributed by atoms with Crippen LogP contribution in [0.5, 0.6) is 0 Å². The van der Waals surface area contributed by atoms with E-state index in [4.69, 9.17) is 4.42 Å². The summed E-state index contributed by atoms with van der Waals surface area (Å²) in [4.78, 5) is 27.8. The van der Waals surface area contributed by atoms with Crippen molar-refractivity contribution in [1.29, 1.82) is 0 Å². The van der Waals surface area contributed by atoms with Crippen LogP contribution in [0.4, 0.5) is 0 Å². The Hall–Kier alpha value is -2.60. The van der Waals surface area contributed by atoms with Crippen molar-refractivity contribution in [2.24, 2.45) is 5.92 Å². The van der Waals surface area contributed by atoms with E-state index in [0.29, 0.717) is 18.9 Å². The van der Waals surface area contributed by atoms with E-state index in [9.17, 15) is 9.59 Å². The van der Waals surface area contributed by atoms with E-state index in [0.717, 1.165) is 30.6 Å². The third-order valence-corrected chi connectivity index (χ3v) is 5.66. The maximum Gasteiger partial charge on any atom is 0.290 e. The standard InChI is InChI=1S/C21H25N3O3/c1-14-12-22-9-8-17(14)23-20(25)18-11-15-5-2-3-6-16(15)13-24(18)21(26)19-7-4-10-27-19/h2-7,10,14,17-18,22H,8-9,11-13H2,1H3,(H,23,25). The monoisotopic (exact) mass is 367 g/mol. The summed E-state index contributed by atoms with van der Waals surface area (Å²) in [6.45, 7) is 4.35. The Morgan fingerprint density at radius 1 is 1.19 bits per heavy atom. The van der Waals surface area contributed by atoms with Crippen LogP contribution in [0.3, 0.4) is 0 Å². The molecule has 2 aliphatic heterocycles. The van der Waals surface area contributed by atoms with Crippen LogP contribution >= 0.6 is 0 Å². The molecule has 1 saturated heterocycles. The Bertz CT molecular complexity index is 818. The minimum absolute atomic E-state index is 0.0804. The van der Waals surface area contributed by atoms with Gasteiger partial charge in [-0.15, -0.1) is 0 Å². The number of rotatable bonds is 3. The highest BCUT2D eigenvalue weighted by Crippen LogP contribution is 2.26. The van der Waals surface area contributed by atoms with E-state index in [1.54, 1.807) is 17.0 Å². The highest BCUT2D eigenvalue weighted by molar-refractivity contribution is 5.96. The molecule has 2 aromatic rings. The zero-order chi connectivity index (χ0) is 18.8. The van der Waals surface area contributed by atoms with Gasteiger partial charge in [-0.05, 0) is 48.7 Å². The third kappa shape index (κ3) is 3.62. The zero-order valence-electron chi connectivity index (χ0n) is 15.5. The number of hydrogen-bond acceptors (Lipinski definition) is 4. The first-order chi connectivity index (χ1) is 13.1. The third-order valence-electron chi connectivity index (χ3n) is 5.66. The Kier molecular flexibility index (Phi) is 4.99. The number of fused-ring (bicyclic) bond motifs is 1. The molecular formula is C21H25N3O3. The van der Waals surface area contributed by atoms with Crippen LogP contribution < -0.4 is 10.6 Å². The maximum atomic E-state index is 13.2. The Balaban J connectivity index is 1.58. The van der Waals surface area contributed by atoms with Crippen LogP contribution in [-0.2, 0) is 17.8 Å². The van der Waals surface area contributed by atoms with Crippen molar-refractivity contribution in [3.8, 4) is 0 Å². The topological polar surface area (TPSA) is 74.6 Å². The predicted octanol–water partition coefficient (Wildman–Crippen LogP) is 1.96. The van der Waals surface area contributed by atoms with Gasteiger partial charge in [0, 0.05) is 19.0 Å². The zero-order valence-corrected chi connectivity index (χ0v) is 15.5. The Morgan fingerprint density at radius 3 is 2.74 bits per heavy atom. The number of piperidine rings is 1. The van der Waals surface area contributed by atoms with Crippen molar-refractivity contribution in [2.75, 3.05) is 13.1 Å².